The normalized spacial score (nSPS) is 11.4. The van der Waals surface area contributed by atoms with E-state index < -0.39 is 4.92 Å². The van der Waals surface area contributed by atoms with Crippen LogP contribution in [0.15, 0.2) is 58.5 Å². The Kier molecular flexibility index (Phi) is 6.28. The monoisotopic (exact) mass is 439 g/mol. The van der Waals surface area contributed by atoms with Gasteiger partial charge in [0.15, 0.2) is 5.16 Å². The van der Waals surface area contributed by atoms with Gasteiger partial charge in [-0.25, -0.2) is 0 Å². The first-order valence-corrected chi connectivity index (χ1v) is 10.9. The second kappa shape index (κ2) is 9.27. The Labute approximate surface area is 181 Å². The maximum absolute atomic E-state index is 13.1. The van der Waals surface area contributed by atoms with E-state index in [1.165, 1.54) is 23.9 Å². The van der Waals surface area contributed by atoms with E-state index in [0.717, 1.165) is 11.1 Å². The molecule has 0 aliphatic carbocycles. The molecular formula is C21H21N5O4S. The SMILES string of the molecule is CCOCCCn1c(=O)c2ccccc2n2c(SCc3ccc([N+](=O)[O-])cc3)nnc12. The average molecular weight is 439 g/mol. The van der Waals surface area contributed by atoms with Crippen LogP contribution in [-0.2, 0) is 17.0 Å². The Morgan fingerprint density at radius 2 is 1.90 bits per heavy atom. The summed E-state index contributed by atoms with van der Waals surface area (Å²) in [6.07, 6.45) is 0.694. The highest BCUT2D eigenvalue weighted by atomic mass is 32.2. The van der Waals surface area contributed by atoms with Crippen LogP contribution in [-0.4, -0.2) is 37.3 Å². The zero-order valence-electron chi connectivity index (χ0n) is 16.9. The summed E-state index contributed by atoms with van der Waals surface area (Å²) in [6.45, 7) is 3.62. The maximum atomic E-state index is 13.1. The summed E-state index contributed by atoms with van der Waals surface area (Å²) in [5, 5.41) is 20.7. The van der Waals surface area contributed by atoms with Crippen LogP contribution in [0.3, 0.4) is 0 Å². The van der Waals surface area contributed by atoms with E-state index in [0.29, 0.717) is 48.3 Å². The number of aryl methyl sites for hydroxylation is 1. The van der Waals surface area contributed by atoms with Gasteiger partial charge in [-0.3, -0.25) is 23.9 Å². The summed E-state index contributed by atoms with van der Waals surface area (Å²) in [5.74, 6) is 1.06. The topological polar surface area (TPSA) is 105 Å². The van der Waals surface area contributed by atoms with Gasteiger partial charge in [0.1, 0.15) is 0 Å². The molecule has 0 bridgehead atoms. The standard InChI is InChI=1S/C21H21N5O4S/c1-2-30-13-5-12-24-19(27)17-6-3-4-7-18(17)25-20(24)22-23-21(25)31-14-15-8-10-16(11-9-15)26(28)29/h3-4,6-11H,2,5,12-14H2,1H3. The first-order valence-electron chi connectivity index (χ1n) is 9.90. The number of nitrogens with zero attached hydrogens (tertiary/aromatic N) is 5. The molecule has 0 spiro atoms. The molecule has 0 amide bonds. The number of non-ortho nitro benzene ring substituents is 1. The zero-order valence-corrected chi connectivity index (χ0v) is 17.7. The van der Waals surface area contributed by atoms with Crippen molar-refractivity contribution in [2.45, 2.75) is 30.8 Å². The lowest BCUT2D eigenvalue weighted by molar-refractivity contribution is -0.384. The highest BCUT2D eigenvalue weighted by Crippen LogP contribution is 2.25. The van der Waals surface area contributed by atoms with Crippen molar-refractivity contribution in [1.82, 2.24) is 19.2 Å². The maximum Gasteiger partial charge on any atom is 0.269 e. The molecule has 2 heterocycles. The molecular weight excluding hydrogens is 418 g/mol. The predicted molar refractivity (Wildman–Crippen MR) is 119 cm³/mol. The average Bonchev–Trinajstić information content (AvgIpc) is 3.21. The Hall–Kier alpha value is -3.24. The van der Waals surface area contributed by atoms with Crippen molar-refractivity contribution in [1.29, 1.82) is 0 Å². The van der Waals surface area contributed by atoms with Gasteiger partial charge >= 0.3 is 0 Å². The molecule has 0 atom stereocenters. The summed E-state index contributed by atoms with van der Waals surface area (Å²) < 4.78 is 8.95. The number of rotatable bonds is 9. The summed E-state index contributed by atoms with van der Waals surface area (Å²) in [6, 6.07) is 13.9. The molecule has 4 rings (SSSR count). The van der Waals surface area contributed by atoms with E-state index in [1.54, 1.807) is 22.8 Å². The fourth-order valence-electron chi connectivity index (χ4n) is 3.36. The molecule has 31 heavy (non-hydrogen) atoms. The van der Waals surface area contributed by atoms with Crippen molar-refractivity contribution in [2.24, 2.45) is 0 Å². The lowest BCUT2D eigenvalue weighted by Gasteiger charge is -2.11. The van der Waals surface area contributed by atoms with Crippen LogP contribution in [0.1, 0.15) is 18.9 Å². The third-order valence-corrected chi connectivity index (χ3v) is 5.87. The van der Waals surface area contributed by atoms with Crippen molar-refractivity contribution in [3.8, 4) is 0 Å². The van der Waals surface area contributed by atoms with Crippen LogP contribution in [0, 0.1) is 10.1 Å². The second-order valence-corrected chi connectivity index (χ2v) is 7.80. The third kappa shape index (κ3) is 4.30. The Morgan fingerprint density at radius 3 is 2.65 bits per heavy atom. The van der Waals surface area contributed by atoms with E-state index in [1.807, 2.05) is 29.5 Å². The van der Waals surface area contributed by atoms with E-state index in [9.17, 15) is 14.9 Å². The summed E-state index contributed by atoms with van der Waals surface area (Å²) >= 11 is 1.46. The van der Waals surface area contributed by atoms with Crippen molar-refractivity contribution < 1.29 is 9.66 Å². The molecule has 4 aromatic rings. The van der Waals surface area contributed by atoms with Crippen molar-refractivity contribution in [3.05, 3.63) is 74.6 Å². The Balaban J connectivity index is 1.69. The summed E-state index contributed by atoms with van der Waals surface area (Å²) in [7, 11) is 0. The number of ether oxygens (including phenoxy) is 1. The molecule has 0 radical (unpaired) electrons. The van der Waals surface area contributed by atoms with Gasteiger partial charge in [-0.2, -0.15) is 0 Å². The highest BCUT2D eigenvalue weighted by molar-refractivity contribution is 7.98. The van der Waals surface area contributed by atoms with E-state index in [-0.39, 0.29) is 11.2 Å². The van der Waals surface area contributed by atoms with Gasteiger partial charge in [-0.05, 0) is 31.0 Å². The van der Waals surface area contributed by atoms with Crippen LogP contribution in [0.2, 0.25) is 0 Å². The smallest absolute Gasteiger partial charge is 0.269 e. The Bertz CT molecular complexity index is 1280. The molecule has 0 aliphatic heterocycles. The lowest BCUT2D eigenvalue weighted by Crippen LogP contribution is -2.24. The lowest BCUT2D eigenvalue weighted by atomic mass is 10.2. The van der Waals surface area contributed by atoms with Crippen LogP contribution < -0.4 is 5.56 Å². The molecule has 160 valence electrons. The molecule has 2 aromatic carbocycles. The van der Waals surface area contributed by atoms with Gasteiger partial charge in [0, 0.05) is 37.6 Å². The van der Waals surface area contributed by atoms with Gasteiger partial charge in [-0.1, -0.05) is 36.0 Å². The molecule has 0 fully saturated rings. The van der Waals surface area contributed by atoms with Crippen LogP contribution in [0.5, 0.6) is 0 Å². The molecule has 2 aromatic heterocycles. The number of aromatic nitrogens is 4. The van der Waals surface area contributed by atoms with Gasteiger partial charge in [0.25, 0.3) is 11.2 Å². The van der Waals surface area contributed by atoms with Crippen LogP contribution in [0.4, 0.5) is 5.69 Å². The molecule has 0 N–H and O–H groups in total. The molecule has 0 aliphatic rings. The minimum absolute atomic E-state index is 0.0590. The molecule has 0 unspecified atom stereocenters. The number of fused-ring (bicyclic) bond motifs is 3. The number of thioether (sulfide) groups is 1. The first-order chi connectivity index (χ1) is 15.1. The molecule has 9 nitrogen and oxygen atoms in total. The fraction of sp³-hybridized carbons (Fsp3) is 0.286. The van der Waals surface area contributed by atoms with Crippen LogP contribution >= 0.6 is 11.8 Å². The first kappa shape index (κ1) is 21.0. The van der Waals surface area contributed by atoms with Crippen molar-refractivity contribution >= 4 is 34.1 Å². The number of benzene rings is 2. The minimum atomic E-state index is -0.417. The second-order valence-electron chi connectivity index (χ2n) is 6.85. The molecule has 0 saturated heterocycles. The van der Waals surface area contributed by atoms with E-state index >= 15 is 0 Å². The van der Waals surface area contributed by atoms with E-state index in [2.05, 4.69) is 10.2 Å². The zero-order chi connectivity index (χ0) is 21.8. The number of nitro benzene ring substituents is 1. The quantitative estimate of drug-likeness (QED) is 0.170. The fourth-order valence-corrected chi connectivity index (χ4v) is 4.26. The number of hydrogen-bond donors (Lipinski definition) is 0. The third-order valence-electron chi connectivity index (χ3n) is 4.87. The van der Waals surface area contributed by atoms with Gasteiger partial charge in [0.2, 0.25) is 5.78 Å². The van der Waals surface area contributed by atoms with E-state index in [4.69, 9.17) is 4.74 Å². The summed E-state index contributed by atoms with van der Waals surface area (Å²) in [4.78, 5) is 23.5. The number of nitro groups is 1. The van der Waals surface area contributed by atoms with Gasteiger partial charge in [-0.15, -0.1) is 10.2 Å². The van der Waals surface area contributed by atoms with Gasteiger partial charge < -0.3 is 4.74 Å². The molecule has 0 saturated carbocycles. The molecule has 10 heteroatoms. The minimum Gasteiger partial charge on any atom is -0.382 e. The predicted octanol–water partition coefficient (Wildman–Crippen LogP) is 3.67. The highest BCUT2D eigenvalue weighted by Gasteiger charge is 2.17. The number of para-hydroxylation sites is 1. The largest absolute Gasteiger partial charge is 0.382 e. The number of hydrogen-bond acceptors (Lipinski definition) is 7. The van der Waals surface area contributed by atoms with Crippen LogP contribution in [0.25, 0.3) is 16.7 Å². The van der Waals surface area contributed by atoms with Gasteiger partial charge in [0.05, 0.1) is 15.8 Å². The Morgan fingerprint density at radius 1 is 1.13 bits per heavy atom. The summed E-state index contributed by atoms with van der Waals surface area (Å²) in [5.41, 5.74) is 1.64. The van der Waals surface area contributed by atoms with Crippen molar-refractivity contribution in [3.63, 3.8) is 0 Å². The van der Waals surface area contributed by atoms with Crippen molar-refractivity contribution in [2.75, 3.05) is 13.2 Å².